The monoisotopic (exact) mass is 391 g/mol. The van der Waals surface area contributed by atoms with Crippen LogP contribution in [0.5, 0.6) is 5.88 Å². The highest BCUT2D eigenvalue weighted by Crippen LogP contribution is 2.33. The number of rotatable bonds is 5. The van der Waals surface area contributed by atoms with E-state index in [9.17, 15) is 18.0 Å². The lowest BCUT2D eigenvalue weighted by Crippen LogP contribution is -2.29. The van der Waals surface area contributed by atoms with Gasteiger partial charge in [-0.25, -0.2) is 14.5 Å². The van der Waals surface area contributed by atoms with Crippen LogP contribution in [-0.4, -0.2) is 27.9 Å². The van der Waals surface area contributed by atoms with Crippen molar-refractivity contribution in [2.45, 2.75) is 12.7 Å². The van der Waals surface area contributed by atoms with Gasteiger partial charge in [-0.3, -0.25) is 0 Å². The van der Waals surface area contributed by atoms with E-state index in [0.29, 0.717) is 17.1 Å². The number of benzene rings is 1. The molecule has 1 aromatic carbocycles. The third kappa shape index (κ3) is 4.40. The fraction of sp³-hybridized carbons (Fsp3) is 0.167. The number of amides is 2. The molecule has 0 bridgehead atoms. The van der Waals surface area contributed by atoms with Gasteiger partial charge in [-0.1, -0.05) is 6.07 Å². The Bertz CT molecular complexity index is 958. The van der Waals surface area contributed by atoms with Crippen LogP contribution in [0.25, 0.3) is 5.69 Å². The third-order valence-corrected chi connectivity index (χ3v) is 3.81. The first-order chi connectivity index (χ1) is 13.4. The zero-order valence-electron chi connectivity index (χ0n) is 14.7. The first-order valence-corrected chi connectivity index (χ1v) is 8.12. The number of methoxy groups -OCH3 is 1. The van der Waals surface area contributed by atoms with Crippen LogP contribution in [0.1, 0.15) is 11.1 Å². The van der Waals surface area contributed by atoms with Gasteiger partial charge in [0, 0.05) is 30.7 Å². The number of alkyl halides is 3. The van der Waals surface area contributed by atoms with Crippen LogP contribution in [0, 0.1) is 0 Å². The smallest absolute Gasteiger partial charge is 0.416 e. The number of hydrogen-bond acceptors (Lipinski definition) is 4. The Morgan fingerprint density at radius 1 is 1.21 bits per heavy atom. The molecule has 0 spiro atoms. The van der Waals surface area contributed by atoms with Gasteiger partial charge in [0.1, 0.15) is 0 Å². The first-order valence-electron chi connectivity index (χ1n) is 8.12. The maximum Gasteiger partial charge on any atom is 0.416 e. The average Bonchev–Trinajstić information content (AvgIpc) is 3.20. The lowest BCUT2D eigenvalue weighted by molar-refractivity contribution is -0.137. The second-order valence-corrected chi connectivity index (χ2v) is 5.66. The van der Waals surface area contributed by atoms with E-state index in [1.807, 2.05) is 0 Å². The quantitative estimate of drug-likeness (QED) is 0.696. The number of hydrogen-bond donors (Lipinski definition) is 2. The molecule has 0 unspecified atom stereocenters. The molecule has 28 heavy (non-hydrogen) atoms. The average molecular weight is 391 g/mol. The molecule has 7 nitrogen and oxygen atoms in total. The van der Waals surface area contributed by atoms with E-state index in [1.165, 1.54) is 24.1 Å². The van der Waals surface area contributed by atoms with Crippen molar-refractivity contribution in [2.75, 3.05) is 12.4 Å². The van der Waals surface area contributed by atoms with Crippen molar-refractivity contribution in [3.63, 3.8) is 0 Å². The summed E-state index contributed by atoms with van der Waals surface area (Å²) in [7, 11) is 1.45. The van der Waals surface area contributed by atoms with Crippen LogP contribution >= 0.6 is 0 Å². The largest absolute Gasteiger partial charge is 0.481 e. The Labute approximate surface area is 158 Å². The predicted octanol–water partition coefficient (Wildman–Crippen LogP) is 3.62. The van der Waals surface area contributed by atoms with E-state index in [-0.39, 0.29) is 12.2 Å². The van der Waals surface area contributed by atoms with Crippen LogP contribution in [-0.2, 0) is 12.7 Å². The molecule has 10 heteroatoms. The number of ether oxygens (including phenoxy) is 1. The molecule has 0 saturated heterocycles. The molecule has 0 aliphatic rings. The van der Waals surface area contributed by atoms with Gasteiger partial charge in [-0.15, -0.1) is 0 Å². The molecule has 3 aromatic rings. The van der Waals surface area contributed by atoms with Crippen molar-refractivity contribution in [3.8, 4) is 11.6 Å². The Hall–Kier alpha value is -3.56. The number of halogens is 3. The van der Waals surface area contributed by atoms with Gasteiger partial charge < -0.3 is 15.4 Å². The number of aromatic nitrogens is 3. The predicted molar refractivity (Wildman–Crippen MR) is 95.2 cm³/mol. The third-order valence-electron chi connectivity index (χ3n) is 3.81. The molecule has 0 radical (unpaired) electrons. The number of pyridine rings is 1. The summed E-state index contributed by atoms with van der Waals surface area (Å²) in [5.41, 5.74) is 0.00501. The Morgan fingerprint density at radius 2 is 2.04 bits per heavy atom. The van der Waals surface area contributed by atoms with E-state index in [4.69, 9.17) is 4.74 Å². The highest BCUT2D eigenvalue weighted by molar-refractivity contribution is 5.91. The Morgan fingerprint density at radius 3 is 2.71 bits per heavy atom. The zero-order chi connectivity index (χ0) is 20.1. The summed E-state index contributed by atoms with van der Waals surface area (Å²) in [6.45, 7) is 0.0823. The summed E-state index contributed by atoms with van der Waals surface area (Å²) < 4.78 is 45.6. The molecule has 3 rings (SSSR count). The molecule has 2 heterocycles. The minimum absolute atomic E-state index is 0.0332. The fourth-order valence-electron chi connectivity index (χ4n) is 2.51. The molecule has 146 valence electrons. The second kappa shape index (κ2) is 7.99. The number of urea groups is 1. The minimum Gasteiger partial charge on any atom is -0.481 e. The van der Waals surface area contributed by atoms with Crippen molar-refractivity contribution in [1.29, 1.82) is 0 Å². The van der Waals surface area contributed by atoms with E-state index in [2.05, 4.69) is 20.7 Å². The van der Waals surface area contributed by atoms with Crippen molar-refractivity contribution in [1.82, 2.24) is 20.1 Å². The molecular weight excluding hydrogens is 375 g/mol. The summed E-state index contributed by atoms with van der Waals surface area (Å²) >= 11 is 0. The van der Waals surface area contributed by atoms with Gasteiger partial charge in [-0.2, -0.15) is 18.3 Å². The normalized spacial score (nSPS) is 11.1. The molecule has 2 N–H and O–H groups in total. The van der Waals surface area contributed by atoms with Crippen molar-refractivity contribution >= 4 is 11.7 Å². The molecule has 0 saturated carbocycles. The zero-order valence-corrected chi connectivity index (χ0v) is 14.7. The van der Waals surface area contributed by atoms with Crippen LogP contribution in [0.3, 0.4) is 0 Å². The minimum atomic E-state index is -4.54. The summed E-state index contributed by atoms with van der Waals surface area (Å²) in [6.07, 6.45) is 0.0441. The van der Waals surface area contributed by atoms with Gasteiger partial charge >= 0.3 is 12.2 Å². The maximum atomic E-state index is 13.1. The van der Waals surface area contributed by atoms with Gasteiger partial charge in [0.15, 0.2) is 0 Å². The number of carbonyl (C=O) groups excluding carboxylic acids is 1. The van der Waals surface area contributed by atoms with Crippen LogP contribution in [0.15, 0.2) is 55.0 Å². The van der Waals surface area contributed by atoms with Gasteiger partial charge in [0.25, 0.3) is 0 Å². The highest BCUT2D eigenvalue weighted by atomic mass is 19.4. The standard InChI is InChI=1S/C18H16F3N5O2/c1-28-16-12(4-2-7-22-16)11-23-17(27)25-14-10-13(18(19,20)21)5-6-15(14)26-9-3-8-24-26/h2-10H,11H2,1H3,(H2,23,25,27). The summed E-state index contributed by atoms with van der Waals surface area (Å²) in [4.78, 5) is 16.3. The maximum absolute atomic E-state index is 13.1. The first kappa shape index (κ1) is 19.2. The molecule has 0 fully saturated rings. The molecular formula is C18H16F3N5O2. The van der Waals surface area contributed by atoms with Crippen LogP contribution < -0.4 is 15.4 Å². The molecule has 0 atom stereocenters. The topological polar surface area (TPSA) is 81.1 Å². The van der Waals surface area contributed by atoms with Gasteiger partial charge in [0.05, 0.1) is 24.0 Å². The number of nitrogens with one attached hydrogen (secondary N) is 2. The molecule has 0 aliphatic heterocycles. The van der Waals surface area contributed by atoms with Crippen molar-refractivity contribution < 1.29 is 22.7 Å². The highest BCUT2D eigenvalue weighted by Gasteiger charge is 2.31. The fourth-order valence-corrected chi connectivity index (χ4v) is 2.51. The summed E-state index contributed by atoms with van der Waals surface area (Å²) in [5.74, 6) is 0.346. The SMILES string of the molecule is COc1ncccc1CNC(=O)Nc1cc(C(F)(F)F)ccc1-n1cccn1. The summed E-state index contributed by atoms with van der Waals surface area (Å²) in [5, 5.41) is 9.02. The van der Waals surface area contributed by atoms with E-state index < -0.39 is 17.8 Å². The van der Waals surface area contributed by atoms with Crippen LogP contribution in [0.2, 0.25) is 0 Å². The van der Waals surface area contributed by atoms with Crippen LogP contribution in [0.4, 0.5) is 23.7 Å². The van der Waals surface area contributed by atoms with Gasteiger partial charge in [-0.05, 0) is 30.3 Å². The van der Waals surface area contributed by atoms with Crippen molar-refractivity contribution in [2.24, 2.45) is 0 Å². The van der Waals surface area contributed by atoms with E-state index >= 15 is 0 Å². The lowest BCUT2D eigenvalue weighted by atomic mass is 10.1. The Kier molecular flexibility index (Phi) is 5.48. The summed E-state index contributed by atoms with van der Waals surface area (Å²) in [6, 6.07) is 7.37. The lowest BCUT2D eigenvalue weighted by Gasteiger charge is -2.15. The van der Waals surface area contributed by atoms with Gasteiger partial charge in [0.2, 0.25) is 5.88 Å². The number of nitrogens with zero attached hydrogens (tertiary/aromatic N) is 3. The molecule has 2 aromatic heterocycles. The Balaban J connectivity index is 1.80. The molecule has 0 aliphatic carbocycles. The van der Waals surface area contributed by atoms with E-state index in [0.717, 1.165) is 12.1 Å². The molecule has 2 amide bonds. The van der Waals surface area contributed by atoms with E-state index in [1.54, 1.807) is 30.6 Å². The second-order valence-electron chi connectivity index (χ2n) is 5.66. The number of anilines is 1. The number of carbonyl (C=O) groups is 1. The van der Waals surface area contributed by atoms with Crippen molar-refractivity contribution in [3.05, 3.63) is 66.1 Å².